The summed E-state index contributed by atoms with van der Waals surface area (Å²) in [6.45, 7) is 3.16. The van der Waals surface area contributed by atoms with Crippen LogP contribution < -0.4 is 11.1 Å². The molecule has 0 aliphatic rings. The fourth-order valence-corrected chi connectivity index (χ4v) is 3.24. The summed E-state index contributed by atoms with van der Waals surface area (Å²) in [7, 11) is 0. The van der Waals surface area contributed by atoms with Gasteiger partial charge in [-0.15, -0.1) is 0 Å². The Kier molecular flexibility index (Phi) is 7.89. The standard InChI is InChI=1S/C27H26F3N3O/c1-3-27(29,30)21-8-4-19(5-9-21)17-26(34)33-24-14-12-23(13-15-24)32-25(16-18(2)31)20-6-10-22(28)11-7-20/h4-16H,3,17,31H2,1-2H3,(H,33,34). The first-order valence-corrected chi connectivity index (χ1v) is 10.8. The van der Waals surface area contributed by atoms with Crippen molar-refractivity contribution in [3.63, 3.8) is 0 Å². The van der Waals surface area contributed by atoms with Crippen LogP contribution in [0, 0.1) is 5.82 Å². The van der Waals surface area contributed by atoms with Crippen molar-refractivity contribution in [1.29, 1.82) is 0 Å². The summed E-state index contributed by atoms with van der Waals surface area (Å²) in [5, 5.41) is 2.79. The second-order valence-corrected chi connectivity index (χ2v) is 7.92. The van der Waals surface area contributed by atoms with Gasteiger partial charge in [0.15, 0.2) is 0 Å². The normalized spacial score (nSPS) is 12.5. The fraction of sp³-hybridized carbons (Fsp3) is 0.185. The molecule has 7 heteroatoms. The van der Waals surface area contributed by atoms with Crippen LogP contribution in [0.2, 0.25) is 0 Å². The molecule has 4 nitrogen and oxygen atoms in total. The van der Waals surface area contributed by atoms with Gasteiger partial charge in [-0.05, 0) is 67.1 Å². The largest absolute Gasteiger partial charge is 0.402 e. The number of alkyl halides is 2. The highest BCUT2D eigenvalue weighted by atomic mass is 19.3. The minimum atomic E-state index is -2.87. The van der Waals surface area contributed by atoms with E-state index in [1.165, 1.54) is 31.2 Å². The van der Waals surface area contributed by atoms with E-state index in [0.29, 0.717) is 33.9 Å². The zero-order chi connectivity index (χ0) is 24.7. The fourth-order valence-electron chi connectivity index (χ4n) is 3.24. The number of anilines is 1. The lowest BCUT2D eigenvalue weighted by atomic mass is 10.0. The molecule has 0 unspecified atom stereocenters. The second kappa shape index (κ2) is 10.8. The average Bonchev–Trinajstić information content (AvgIpc) is 2.80. The van der Waals surface area contributed by atoms with Gasteiger partial charge in [-0.2, -0.15) is 0 Å². The van der Waals surface area contributed by atoms with E-state index in [4.69, 9.17) is 5.73 Å². The Balaban J connectivity index is 1.68. The summed E-state index contributed by atoms with van der Waals surface area (Å²) in [5.41, 5.74) is 9.44. The first kappa shape index (κ1) is 24.8. The lowest BCUT2D eigenvalue weighted by molar-refractivity contribution is -0.115. The molecular formula is C27H26F3N3O. The van der Waals surface area contributed by atoms with E-state index >= 15 is 0 Å². The first-order valence-electron chi connectivity index (χ1n) is 10.8. The molecule has 3 rings (SSSR count). The Morgan fingerprint density at radius 1 is 1.00 bits per heavy atom. The van der Waals surface area contributed by atoms with Crippen LogP contribution >= 0.6 is 0 Å². The smallest absolute Gasteiger partial charge is 0.273 e. The molecule has 0 radical (unpaired) electrons. The highest BCUT2D eigenvalue weighted by molar-refractivity contribution is 6.10. The predicted octanol–water partition coefficient (Wildman–Crippen LogP) is 6.49. The van der Waals surface area contributed by atoms with Gasteiger partial charge in [0.1, 0.15) is 5.82 Å². The molecule has 0 aliphatic heterocycles. The SMILES string of the molecule is CCC(F)(F)c1ccc(CC(=O)Nc2ccc(N=C(C=C(C)N)c3ccc(F)cc3)cc2)cc1. The van der Waals surface area contributed by atoms with Crippen LogP contribution in [0.15, 0.2) is 89.6 Å². The third-order valence-corrected chi connectivity index (χ3v) is 5.09. The van der Waals surface area contributed by atoms with Gasteiger partial charge in [0.05, 0.1) is 17.8 Å². The summed E-state index contributed by atoms with van der Waals surface area (Å²) in [6, 6.07) is 18.6. The Hall–Kier alpha value is -3.87. The maximum atomic E-state index is 13.7. The van der Waals surface area contributed by atoms with Gasteiger partial charge in [-0.25, -0.2) is 18.2 Å². The molecule has 0 aromatic heterocycles. The molecule has 0 aliphatic carbocycles. The second-order valence-electron chi connectivity index (χ2n) is 7.92. The minimum Gasteiger partial charge on any atom is -0.402 e. The van der Waals surface area contributed by atoms with E-state index in [2.05, 4.69) is 10.3 Å². The van der Waals surface area contributed by atoms with Crippen molar-refractivity contribution in [2.24, 2.45) is 10.7 Å². The molecule has 0 saturated carbocycles. The number of nitrogens with two attached hydrogens (primary N) is 1. The van der Waals surface area contributed by atoms with Crippen LogP contribution in [0.3, 0.4) is 0 Å². The van der Waals surface area contributed by atoms with Crippen molar-refractivity contribution >= 4 is 23.0 Å². The number of halogens is 3. The Bertz CT molecular complexity index is 1180. The number of nitrogens with zero attached hydrogens (tertiary/aromatic N) is 1. The topological polar surface area (TPSA) is 67.5 Å². The molecule has 176 valence electrons. The van der Waals surface area contributed by atoms with Crippen LogP contribution in [0.4, 0.5) is 24.5 Å². The molecule has 1 amide bonds. The van der Waals surface area contributed by atoms with Gasteiger partial charge in [-0.1, -0.05) is 31.2 Å². The number of hydrogen-bond acceptors (Lipinski definition) is 3. The number of amides is 1. The number of benzene rings is 3. The van der Waals surface area contributed by atoms with Crippen molar-refractivity contribution in [2.75, 3.05) is 5.32 Å². The monoisotopic (exact) mass is 465 g/mol. The molecule has 0 atom stereocenters. The molecule has 3 aromatic rings. The van der Waals surface area contributed by atoms with E-state index in [1.807, 2.05) is 0 Å². The van der Waals surface area contributed by atoms with Gasteiger partial charge in [0.25, 0.3) is 5.92 Å². The highest BCUT2D eigenvalue weighted by Gasteiger charge is 2.28. The van der Waals surface area contributed by atoms with Crippen LogP contribution in [0.25, 0.3) is 0 Å². The Morgan fingerprint density at radius 3 is 2.18 bits per heavy atom. The predicted molar refractivity (Wildman–Crippen MR) is 130 cm³/mol. The molecule has 3 aromatic carbocycles. The summed E-state index contributed by atoms with van der Waals surface area (Å²) in [4.78, 5) is 17.0. The van der Waals surface area contributed by atoms with E-state index < -0.39 is 5.92 Å². The van der Waals surface area contributed by atoms with Crippen molar-refractivity contribution in [3.05, 3.63) is 107 Å². The van der Waals surface area contributed by atoms with Crippen molar-refractivity contribution in [2.45, 2.75) is 32.6 Å². The highest BCUT2D eigenvalue weighted by Crippen LogP contribution is 2.31. The summed E-state index contributed by atoms with van der Waals surface area (Å²) in [6.07, 6.45) is 1.48. The molecular weight excluding hydrogens is 439 g/mol. The average molecular weight is 466 g/mol. The number of carbonyl (C=O) groups excluding carboxylic acids is 1. The number of rotatable bonds is 8. The van der Waals surface area contributed by atoms with E-state index in [0.717, 1.165) is 0 Å². The van der Waals surface area contributed by atoms with Crippen molar-refractivity contribution in [1.82, 2.24) is 0 Å². The van der Waals surface area contributed by atoms with Gasteiger partial charge in [0.2, 0.25) is 5.91 Å². The maximum absolute atomic E-state index is 13.7. The molecule has 0 bridgehead atoms. The zero-order valence-electron chi connectivity index (χ0n) is 19.0. The van der Waals surface area contributed by atoms with E-state index in [1.54, 1.807) is 61.5 Å². The number of hydrogen-bond donors (Lipinski definition) is 2. The third-order valence-electron chi connectivity index (χ3n) is 5.09. The quantitative estimate of drug-likeness (QED) is 0.373. The van der Waals surface area contributed by atoms with Crippen molar-refractivity contribution in [3.8, 4) is 0 Å². The molecule has 0 heterocycles. The Morgan fingerprint density at radius 2 is 1.62 bits per heavy atom. The number of nitrogens with one attached hydrogen (secondary N) is 1. The van der Waals surface area contributed by atoms with Crippen LogP contribution in [0.1, 0.15) is 37.0 Å². The first-order chi connectivity index (χ1) is 16.2. The third kappa shape index (κ3) is 6.81. The molecule has 0 fully saturated rings. The number of aliphatic imine (C=N–C) groups is 1. The zero-order valence-corrected chi connectivity index (χ0v) is 19.0. The van der Waals surface area contributed by atoms with Gasteiger partial charge >= 0.3 is 0 Å². The van der Waals surface area contributed by atoms with E-state index in [-0.39, 0.29) is 30.1 Å². The van der Waals surface area contributed by atoms with Crippen LogP contribution in [-0.2, 0) is 17.1 Å². The number of carbonyl (C=O) groups is 1. The minimum absolute atomic E-state index is 0.0602. The summed E-state index contributed by atoms with van der Waals surface area (Å²) in [5.74, 6) is -3.48. The lowest BCUT2D eigenvalue weighted by Gasteiger charge is -2.14. The molecule has 0 spiro atoms. The van der Waals surface area contributed by atoms with Gasteiger partial charge < -0.3 is 11.1 Å². The van der Waals surface area contributed by atoms with Crippen LogP contribution in [-0.4, -0.2) is 11.6 Å². The molecule has 34 heavy (non-hydrogen) atoms. The summed E-state index contributed by atoms with van der Waals surface area (Å²) < 4.78 is 40.7. The molecule has 3 N–H and O–H groups in total. The summed E-state index contributed by atoms with van der Waals surface area (Å²) >= 11 is 0. The van der Waals surface area contributed by atoms with Crippen molar-refractivity contribution < 1.29 is 18.0 Å². The van der Waals surface area contributed by atoms with Gasteiger partial charge in [-0.3, -0.25) is 4.79 Å². The lowest BCUT2D eigenvalue weighted by Crippen LogP contribution is -2.15. The maximum Gasteiger partial charge on any atom is 0.273 e. The van der Waals surface area contributed by atoms with Crippen LogP contribution in [0.5, 0.6) is 0 Å². The Labute approximate surface area is 197 Å². The van der Waals surface area contributed by atoms with E-state index in [9.17, 15) is 18.0 Å². The van der Waals surface area contributed by atoms with Gasteiger partial charge in [0, 0.05) is 28.9 Å². The number of allylic oxidation sites excluding steroid dienone is 2. The molecule has 0 saturated heterocycles.